The first-order chi connectivity index (χ1) is 42.6. The monoisotopic (exact) mass is 1140 g/mol. The molecule has 6 heterocycles. The predicted molar refractivity (Wildman–Crippen MR) is 367 cm³/mol. The first-order valence-corrected chi connectivity index (χ1v) is 31.1. The van der Waals surface area contributed by atoms with E-state index in [-0.39, 0.29) is 24.3 Å². The molecule has 0 N–H and O–H groups in total. The average Bonchev–Trinajstić information content (AvgIpc) is 0.699. The van der Waals surface area contributed by atoms with E-state index in [9.17, 15) is 0 Å². The van der Waals surface area contributed by atoms with Gasteiger partial charge in [0.15, 0.2) is 0 Å². The van der Waals surface area contributed by atoms with Crippen molar-refractivity contribution in [2.24, 2.45) is 0 Å². The highest BCUT2D eigenvalue weighted by Gasteiger charge is 2.50. The molecule has 2 aromatic heterocycles. The predicted octanol–water partition coefficient (Wildman–Crippen LogP) is 16.4. The van der Waals surface area contributed by atoms with Crippen molar-refractivity contribution in [3.63, 3.8) is 0 Å². The summed E-state index contributed by atoms with van der Waals surface area (Å²) in [6, 6.07) is 75.0. The number of benzene rings is 9. The van der Waals surface area contributed by atoms with E-state index < -0.39 is 0 Å². The van der Waals surface area contributed by atoms with Crippen LogP contribution in [0.4, 0.5) is 68.8 Å². The molecule has 0 fully saturated rings. The van der Waals surface area contributed by atoms with Crippen molar-refractivity contribution < 1.29 is 9.47 Å². The zero-order chi connectivity index (χ0) is 60.1. The maximum atomic E-state index is 7.64. The molecular weight excluding hydrogens is 1070 g/mol. The normalized spacial score (nSPS) is 14.9. The number of aryl methyl sites for hydroxylation is 6. The van der Waals surface area contributed by atoms with E-state index in [1.54, 1.807) is 0 Å². The number of anilines is 12. The van der Waals surface area contributed by atoms with Crippen LogP contribution >= 0.6 is 0 Å². The van der Waals surface area contributed by atoms with Crippen molar-refractivity contribution in [1.82, 2.24) is 9.97 Å². The van der Waals surface area contributed by atoms with Gasteiger partial charge in [-0.15, -0.1) is 0 Å². The van der Waals surface area contributed by atoms with Crippen molar-refractivity contribution in [3.8, 4) is 23.0 Å². The van der Waals surface area contributed by atoms with Gasteiger partial charge in [0, 0.05) is 45.8 Å². The van der Waals surface area contributed by atoms with E-state index in [1.165, 1.54) is 22.1 Å². The largest absolute Gasteiger partial charge is 0.458 e. The fraction of sp³-hybridized carbons (Fsp3) is 0.179. The van der Waals surface area contributed by atoms with Crippen molar-refractivity contribution in [3.05, 3.63) is 251 Å². The summed E-state index contributed by atoms with van der Waals surface area (Å²) in [6.45, 7) is 22.3. The number of pyridine rings is 2. The molecular formula is C78H68B2N6O2. The molecule has 5 aliphatic rings. The number of aromatic nitrogens is 2. The van der Waals surface area contributed by atoms with Crippen LogP contribution in [0.25, 0.3) is 0 Å². The molecule has 8 nitrogen and oxygen atoms in total. The number of rotatable bonds is 8. The number of nitrogens with zero attached hydrogens (tertiary/aromatic N) is 6. The molecule has 0 atom stereocenters. The van der Waals surface area contributed by atoms with Crippen LogP contribution in [0.5, 0.6) is 23.0 Å². The van der Waals surface area contributed by atoms with Gasteiger partial charge in [-0.05, 0) is 186 Å². The Bertz CT molecular complexity index is 4670. The molecule has 0 spiro atoms. The molecule has 11 aromatic rings. The highest BCUT2D eigenvalue weighted by atomic mass is 16.5. The number of hydrogen-bond donors (Lipinski definition) is 0. The Morgan fingerprint density at radius 3 is 1.27 bits per heavy atom. The minimum atomic E-state index is -0.268. The summed E-state index contributed by atoms with van der Waals surface area (Å²) in [5, 5.41) is 0. The van der Waals surface area contributed by atoms with Crippen LogP contribution in [0.2, 0.25) is 0 Å². The Morgan fingerprint density at radius 1 is 0.375 bits per heavy atom. The second-order valence-corrected chi connectivity index (χ2v) is 26.3. The zero-order valence-electron chi connectivity index (χ0n) is 51.7. The van der Waals surface area contributed by atoms with Crippen LogP contribution in [-0.4, -0.2) is 23.4 Å². The van der Waals surface area contributed by atoms with Gasteiger partial charge >= 0.3 is 0 Å². The Labute approximate surface area is 517 Å². The van der Waals surface area contributed by atoms with E-state index in [2.05, 4.69) is 295 Å². The quantitative estimate of drug-likeness (QED) is 0.140. The Hall–Kier alpha value is -9.79. The lowest BCUT2D eigenvalue weighted by Crippen LogP contribution is -2.64. The van der Waals surface area contributed by atoms with Gasteiger partial charge in [0.25, 0.3) is 13.4 Å². The third-order valence-electron chi connectivity index (χ3n) is 19.7. The number of fused-ring (bicyclic) bond motifs is 9. The van der Waals surface area contributed by atoms with Gasteiger partial charge in [0.1, 0.15) is 46.3 Å². The maximum absolute atomic E-state index is 7.64. The van der Waals surface area contributed by atoms with Gasteiger partial charge in [-0.25, -0.2) is 9.97 Å². The molecule has 0 saturated heterocycles. The first-order valence-electron chi connectivity index (χ1n) is 31.1. The zero-order valence-corrected chi connectivity index (χ0v) is 51.7. The number of ether oxygens (including phenoxy) is 2. The van der Waals surface area contributed by atoms with Crippen molar-refractivity contribution >= 4 is 115 Å². The molecule has 88 heavy (non-hydrogen) atoms. The van der Waals surface area contributed by atoms with Crippen LogP contribution in [-0.2, 0) is 10.8 Å². The molecule has 0 bridgehead atoms. The fourth-order valence-electron chi connectivity index (χ4n) is 15.3. The first kappa shape index (κ1) is 53.7. The fourth-order valence-corrected chi connectivity index (χ4v) is 15.3. The van der Waals surface area contributed by atoms with Gasteiger partial charge in [0.05, 0.1) is 22.7 Å². The van der Waals surface area contributed by atoms with Gasteiger partial charge in [-0.2, -0.15) is 0 Å². The molecule has 0 saturated carbocycles. The SMILES string of the molecule is Cc1ccccc1N(c1cc2c3c(n1)N(c1ccccc1)c1cc4c(cc1B3c1ccccc1O2)B1c2cc3c(cc2Oc2cc(N(c5ccccc5C)c5c(C)cccc5C)nc(c21)N4c1ccccc1)C(C)(C)CCC3(C)C)c1c(C)cccc1C. The van der Waals surface area contributed by atoms with Crippen molar-refractivity contribution in [2.45, 2.75) is 92.9 Å². The van der Waals surface area contributed by atoms with Gasteiger partial charge in [0.2, 0.25) is 0 Å². The minimum absolute atomic E-state index is 0.0538. The highest BCUT2D eigenvalue weighted by molar-refractivity contribution is 7.02. The van der Waals surface area contributed by atoms with Gasteiger partial charge in [-0.3, -0.25) is 19.6 Å². The molecule has 0 amide bonds. The van der Waals surface area contributed by atoms with Crippen molar-refractivity contribution in [1.29, 1.82) is 0 Å². The van der Waals surface area contributed by atoms with E-state index in [1.807, 2.05) is 0 Å². The van der Waals surface area contributed by atoms with Crippen LogP contribution in [0.1, 0.15) is 85.0 Å². The average molecular weight is 1140 g/mol. The van der Waals surface area contributed by atoms with Gasteiger partial charge < -0.3 is 9.47 Å². The second kappa shape index (κ2) is 19.9. The summed E-state index contributed by atoms with van der Waals surface area (Å²) < 4.78 is 14.9. The lowest BCUT2D eigenvalue weighted by atomic mass is 9.31. The lowest BCUT2D eigenvalue weighted by molar-refractivity contribution is 0.330. The summed E-state index contributed by atoms with van der Waals surface area (Å²) in [4.78, 5) is 21.6. The van der Waals surface area contributed by atoms with E-state index in [4.69, 9.17) is 19.4 Å². The summed E-state index contributed by atoms with van der Waals surface area (Å²) >= 11 is 0. The summed E-state index contributed by atoms with van der Waals surface area (Å²) in [6.07, 6.45) is 2.18. The van der Waals surface area contributed by atoms with E-state index in [0.717, 1.165) is 160 Å². The maximum Gasteiger partial charge on any atom is 0.258 e. The molecule has 10 heteroatoms. The molecule has 1 aliphatic carbocycles. The Balaban J connectivity index is 1.02. The summed E-state index contributed by atoms with van der Waals surface area (Å²) in [5.74, 6) is 6.49. The van der Waals surface area contributed by atoms with E-state index in [0.29, 0.717) is 0 Å². The minimum Gasteiger partial charge on any atom is -0.458 e. The highest BCUT2D eigenvalue weighted by Crippen LogP contribution is 2.52. The smallest absolute Gasteiger partial charge is 0.258 e. The molecule has 16 rings (SSSR count). The summed E-state index contributed by atoms with van der Waals surface area (Å²) in [7, 11) is 0. The molecule has 0 unspecified atom stereocenters. The molecule has 4 aliphatic heterocycles. The third kappa shape index (κ3) is 8.13. The number of hydrogen-bond acceptors (Lipinski definition) is 8. The topological polar surface area (TPSA) is 57.2 Å². The Morgan fingerprint density at radius 2 is 0.784 bits per heavy atom. The molecule has 428 valence electrons. The molecule has 9 aromatic carbocycles. The number of para-hydroxylation sites is 7. The summed E-state index contributed by atoms with van der Waals surface area (Å²) in [5.41, 5.74) is 24.5. The third-order valence-corrected chi connectivity index (χ3v) is 19.7. The Kier molecular flexibility index (Phi) is 12.1. The second-order valence-electron chi connectivity index (χ2n) is 26.3. The van der Waals surface area contributed by atoms with Crippen LogP contribution in [0.15, 0.2) is 206 Å². The lowest BCUT2D eigenvalue weighted by Gasteiger charge is -2.45. The van der Waals surface area contributed by atoms with Gasteiger partial charge in [-0.1, -0.05) is 167 Å². The van der Waals surface area contributed by atoms with Crippen LogP contribution in [0, 0.1) is 41.5 Å². The van der Waals surface area contributed by atoms with Crippen LogP contribution < -0.4 is 61.9 Å². The van der Waals surface area contributed by atoms with Crippen LogP contribution in [0.3, 0.4) is 0 Å². The standard InChI is InChI=1S/C78H68B2N6O2/c1-47-25-17-20-36-61(47)85(73-49(3)27-23-28-50(73)4)69-45-67-71-75(81-69)83(53-31-13-11-14-32-53)63-44-64-59(43-58(63)79(71)57-35-19-22-38-65(57)87-67)80-60-41-55-56(78(9,10)40-39-77(55,7)8)42-66(60)88-68-46-70(82-76(72(68)80)84(64)54-33-15-12-16-34-54)86(62-37-21-18-26-48(62)2)74-51(5)29-24-30-52(74)6/h11-38,41-46H,39-40H2,1-10H3. The molecule has 0 radical (unpaired) electrons. The van der Waals surface area contributed by atoms with E-state index >= 15 is 0 Å². The van der Waals surface area contributed by atoms with Crippen molar-refractivity contribution in [2.75, 3.05) is 19.6 Å².